The Morgan fingerprint density at radius 3 is 1.03 bits per heavy atom. The van der Waals surface area contributed by atoms with E-state index in [-0.39, 0.29) is 25.2 Å². The van der Waals surface area contributed by atoms with Crippen molar-refractivity contribution in [3.63, 3.8) is 0 Å². The normalized spacial score (nSPS) is 13.4. The van der Waals surface area contributed by atoms with Crippen molar-refractivity contribution in [1.29, 1.82) is 0 Å². The maximum absolute atomic E-state index is 12.8. The summed E-state index contributed by atoms with van der Waals surface area (Å²) in [5.41, 5.74) is 0. The fourth-order valence-corrected chi connectivity index (χ4v) is 6.54. The molecule has 0 aromatic heterocycles. The first kappa shape index (κ1) is 61.8. The van der Waals surface area contributed by atoms with E-state index >= 15 is 0 Å². The number of rotatable bonds is 46. The van der Waals surface area contributed by atoms with Crippen LogP contribution in [0.5, 0.6) is 0 Å². The predicted molar refractivity (Wildman–Crippen MR) is 288 cm³/mol. The molecule has 0 bridgehead atoms. The summed E-state index contributed by atoms with van der Waals surface area (Å²) in [4.78, 5) is 25.4. The van der Waals surface area contributed by atoms with E-state index in [2.05, 4.69) is 167 Å². The number of unbranched alkanes of at least 4 members (excludes halogenated alkanes) is 11. The lowest BCUT2D eigenvalue weighted by Gasteiger charge is -2.18. The summed E-state index contributed by atoms with van der Waals surface area (Å²) in [6, 6.07) is 0. The van der Waals surface area contributed by atoms with Crippen molar-refractivity contribution in [3.05, 3.63) is 146 Å². The van der Waals surface area contributed by atoms with Gasteiger partial charge in [0.25, 0.3) is 0 Å². The second-order valence-corrected chi connectivity index (χ2v) is 16.6. The smallest absolute Gasteiger partial charge is 0.306 e. The molecule has 0 aliphatic heterocycles. The topological polar surface area (TPSA) is 61.8 Å². The molecule has 0 aromatic rings. The molecule has 0 radical (unpaired) electrons. The first-order valence-corrected chi connectivity index (χ1v) is 26.4. The molecule has 0 amide bonds. The van der Waals surface area contributed by atoms with Crippen LogP contribution in [0.25, 0.3) is 0 Å². The molecule has 370 valence electrons. The SMILES string of the molecule is CC/C=C\C/C=C\C/C=C\C/C=C\C/C=C\CCCCCC(=O)OCC(COCCCCC/C=C\C/C=C\C/C=C\C/C=C\CC)OC(=O)CCCCCCC/C=C\C/C=C\C/C=C\CC. The van der Waals surface area contributed by atoms with Gasteiger partial charge in [-0.1, -0.05) is 199 Å². The van der Waals surface area contributed by atoms with Gasteiger partial charge in [-0.05, 0) is 135 Å². The summed E-state index contributed by atoms with van der Waals surface area (Å²) in [6.45, 7) is 7.34. The van der Waals surface area contributed by atoms with Crippen molar-refractivity contribution < 1.29 is 23.8 Å². The van der Waals surface area contributed by atoms with Crippen LogP contribution in [0.15, 0.2) is 146 Å². The molecule has 5 nitrogen and oxygen atoms in total. The summed E-state index contributed by atoms with van der Waals surface area (Å²) in [7, 11) is 0. The number of hydrogen-bond donors (Lipinski definition) is 0. The van der Waals surface area contributed by atoms with E-state index in [0.29, 0.717) is 19.4 Å². The van der Waals surface area contributed by atoms with Gasteiger partial charge in [-0.25, -0.2) is 0 Å². The zero-order valence-corrected chi connectivity index (χ0v) is 42.4. The molecule has 0 N–H and O–H groups in total. The molecule has 0 heterocycles. The van der Waals surface area contributed by atoms with Gasteiger partial charge in [0.1, 0.15) is 6.61 Å². The zero-order chi connectivity index (χ0) is 47.7. The molecule has 0 aliphatic carbocycles. The van der Waals surface area contributed by atoms with Gasteiger partial charge in [-0.15, -0.1) is 0 Å². The molecule has 0 aliphatic rings. The van der Waals surface area contributed by atoms with Gasteiger partial charge in [0.2, 0.25) is 0 Å². The van der Waals surface area contributed by atoms with Gasteiger partial charge in [0, 0.05) is 19.4 Å². The molecule has 0 rings (SSSR count). The number of carbonyl (C=O) groups excluding carboxylic acids is 2. The highest BCUT2D eigenvalue weighted by molar-refractivity contribution is 5.70. The van der Waals surface area contributed by atoms with Gasteiger partial charge in [-0.2, -0.15) is 0 Å². The Kier molecular flexibility index (Phi) is 51.6. The molecular weight excluding hydrogens is 813 g/mol. The largest absolute Gasteiger partial charge is 0.462 e. The Bertz CT molecular complexity index is 1450. The quantitative estimate of drug-likeness (QED) is 0.0346. The van der Waals surface area contributed by atoms with Crippen LogP contribution in [-0.4, -0.2) is 37.9 Å². The van der Waals surface area contributed by atoms with Crippen LogP contribution < -0.4 is 0 Å². The van der Waals surface area contributed by atoms with Gasteiger partial charge >= 0.3 is 11.9 Å². The number of carbonyl (C=O) groups is 2. The second kappa shape index (κ2) is 55.1. The molecule has 0 saturated carbocycles. The average molecular weight is 909 g/mol. The van der Waals surface area contributed by atoms with Crippen molar-refractivity contribution in [2.75, 3.05) is 19.8 Å². The standard InChI is InChI=1S/C61H96O5/c1-4-7-10-13-16-19-22-25-28-30-31-32-34-36-39-42-45-48-51-54-60(62)65-58-59(57-64-56-53-50-47-44-41-38-35-29-26-23-20-17-14-11-8-5-2)66-61(63)55-52-49-46-43-40-37-33-27-24-21-18-15-12-9-6-3/h7-12,16-21,25-29,31-33,36,38-39,41,59H,4-6,13-15,22-24,30,34-35,37,40,42-58H2,1-3H3/b10-7-,11-8-,12-9-,19-16-,20-17-,21-18-,28-25-,29-26-,32-31-,33-27-,39-36-,41-38-. The molecule has 0 saturated heterocycles. The molecule has 1 unspecified atom stereocenters. The maximum atomic E-state index is 12.8. The molecule has 0 aromatic carbocycles. The van der Waals surface area contributed by atoms with Crippen LogP contribution in [0.3, 0.4) is 0 Å². The fraction of sp³-hybridized carbons (Fsp3) is 0.574. The van der Waals surface area contributed by atoms with Gasteiger partial charge in [-0.3, -0.25) is 9.59 Å². The van der Waals surface area contributed by atoms with E-state index in [9.17, 15) is 9.59 Å². The fourth-order valence-electron chi connectivity index (χ4n) is 6.54. The summed E-state index contributed by atoms with van der Waals surface area (Å²) in [6.07, 6.45) is 80.0. The minimum absolute atomic E-state index is 0.0374. The Morgan fingerprint density at radius 2 is 0.636 bits per heavy atom. The summed E-state index contributed by atoms with van der Waals surface area (Å²) in [5, 5.41) is 0. The first-order chi connectivity index (χ1) is 32.6. The van der Waals surface area contributed by atoms with Crippen molar-refractivity contribution in [2.45, 2.75) is 207 Å². The average Bonchev–Trinajstić information content (AvgIpc) is 3.32. The molecule has 0 fully saturated rings. The highest BCUT2D eigenvalue weighted by Gasteiger charge is 2.17. The Labute approximate surface area is 406 Å². The zero-order valence-electron chi connectivity index (χ0n) is 42.4. The number of hydrogen-bond acceptors (Lipinski definition) is 5. The van der Waals surface area contributed by atoms with Crippen molar-refractivity contribution in [1.82, 2.24) is 0 Å². The Morgan fingerprint density at radius 1 is 0.333 bits per heavy atom. The summed E-state index contributed by atoms with van der Waals surface area (Å²) >= 11 is 0. The van der Waals surface area contributed by atoms with Crippen LogP contribution in [0.1, 0.15) is 201 Å². The van der Waals surface area contributed by atoms with Crippen molar-refractivity contribution >= 4 is 11.9 Å². The van der Waals surface area contributed by atoms with Crippen molar-refractivity contribution in [2.24, 2.45) is 0 Å². The number of esters is 2. The minimum atomic E-state index is -0.587. The van der Waals surface area contributed by atoms with E-state index in [1.807, 2.05) is 0 Å². The summed E-state index contributed by atoms with van der Waals surface area (Å²) in [5.74, 6) is -0.485. The molecular formula is C61H96O5. The predicted octanol–water partition coefficient (Wildman–Crippen LogP) is 18.1. The van der Waals surface area contributed by atoms with Gasteiger partial charge in [0.05, 0.1) is 6.61 Å². The molecule has 1 atom stereocenters. The maximum Gasteiger partial charge on any atom is 0.306 e. The van der Waals surface area contributed by atoms with Gasteiger partial charge in [0.15, 0.2) is 6.10 Å². The second-order valence-electron chi connectivity index (χ2n) is 16.6. The van der Waals surface area contributed by atoms with Crippen LogP contribution in [0.2, 0.25) is 0 Å². The van der Waals surface area contributed by atoms with Crippen LogP contribution in [-0.2, 0) is 23.8 Å². The minimum Gasteiger partial charge on any atom is -0.462 e. The molecule has 0 spiro atoms. The van der Waals surface area contributed by atoms with E-state index in [1.165, 1.54) is 6.42 Å². The lowest BCUT2D eigenvalue weighted by molar-refractivity contribution is -0.163. The van der Waals surface area contributed by atoms with Gasteiger partial charge < -0.3 is 14.2 Å². The number of ether oxygens (including phenoxy) is 3. The lowest BCUT2D eigenvalue weighted by Crippen LogP contribution is -2.30. The highest BCUT2D eigenvalue weighted by atomic mass is 16.6. The first-order valence-electron chi connectivity index (χ1n) is 26.4. The van der Waals surface area contributed by atoms with E-state index in [1.54, 1.807) is 0 Å². The Hall–Kier alpha value is -4.22. The van der Waals surface area contributed by atoms with Crippen LogP contribution in [0.4, 0.5) is 0 Å². The number of allylic oxidation sites excluding steroid dienone is 24. The third-order valence-electron chi connectivity index (χ3n) is 10.4. The monoisotopic (exact) mass is 909 g/mol. The highest BCUT2D eigenvalue weighted by Crippen LogP contribution is 2.11. The summed E-state index contributed by atoms with van der Waals surface area (Å²) < 4.78 is 17.3. The Balaban J connectivity index is 4.46. The van der Waals surface area contributed by atoms with E-state index in [4.69, 9.17) is 14.2 Å². The van der Waals surface area contributed by atoms with Crippen molar-refractivity contribution in [3.8, 4) is 0 Å². The van der Waals surface area contributed by atoms with Crippen LogP contribution >= 0.6 is 0 Å². The van der Waals surface area contributed by atoms with E-state index < -0.39 is 6.10 Å². The van der Waals surface area contributed by atoms with E-state index in [0.717, 1.165) is 161 Å². The third kappa shape index (κ3) is 52.4. The molecule has 66 heavy (non-hydrogen) atoms. The molecule has 5 heteroatoms. The van der Waals surface area contributed by atoms with Crippen LogP contribution in [0, 0.1) is 0 Å². The lowest BCUT2D eigenvalue weighted by atomic mass is 10.1. The third-order valence-corrected chi connectivity index (χ3v) is 10.4.